The zero-order valence-electron chi connectivity index (χ0n) is 15.3. The third-order valence-corrected chi connectivity index (χ3v) is 4.71. The molecule has 0 amide bonds. The molecule has 1 atom stereocenters. The Morgan fingerprint density at radius 1 is 1.24 bits per heavy atom. The summed E-state index contributed by atoms with van der Waals surface area (Å²) < 4.78 is 16.3. The Balaban J connectivity index is 0.00000109. The molecule has 0 aliphatic carbocycles. The van der Waals surface area contributed by atoms with Crippen LogP contribution in [0.4, 0.5) is 11.5 Å². The third-order valence-electron chi connectivity index (χ3n) is 3.73. The summed E-state index contributed by atoms with van der Waals surface area (Å²) in [4.78, 5) is 4.25. The first kappa shape index (κ1) is 18.9. The van der Waals surface area contributed by atoms with Gasteiger partial charge in [0.15, 0.2) is 0 Å². The number of nitrogen functional groups attached to an aromatic ring is 1. The minimum absolute atomic E-state index is 0.475. The number of nitrogens with one attached hydrogen (secondary N) is 1. The molecule has 134 valence electrons. The molecule has 1 unspecified atom stereocenters. The summed E-state index contributed by atoms with van der Waals surface area (Å²) in [6.07, 6.45) is 1.76. The molecule has 2 heterocycles. The van der Waals surface area contributed by atoms with Crippen LogP contribution in [0.25, 0.3) is 22.2 Å². The Kier molecular flexibility index (Phi) is 6.14. The normalized spacial score (nSPS) is 11.7. The zero-order chi connectivity index (χ0) is 18.6. The third kappa shape index (κ3) is 3.82. The number of anilines is 2. The molecular weight excluding hydrogens is 334 g/mol. The molecule has 0 fully saturated rings. The lowest BCUT2D eigenvalue weighted by Crippen LogP contribution is -2.05. The molecule has 3 rings (SSSR count). The molecule has 7 heteroatoms. The lowest BCUT2D eigenvalue weighted by molar-refractivity contribution is 0.687. The summed E-state index contributed by atoms with van der Waals surface area (Å²) in [5.41, 5.74) is 10.7. The Morgan fingerprint density at radius 3 is 2.48 bits per heavy atom. The number of pyridine rings is 1. The maximum Gasteiger partial charge on any atom is 0.135 e. The fourth-order valence-electron chi connectivity index (χ4n) is 2.61. The molecule has 3 N–H and O–H groups in total. The second kappa shape index (κ2) is 8.11. The maximum atomic E-state index is 11.6. The van der Waals surface area contributed by atoms with Crippen LogP contribution in [-0.2, 0) is 18.0 Å². The van der Waals surface area contributed by atoms with Gasteiger partial charge in [0.1, 0.15) is 22.5 Å². The molecule has 0 saturated heterocycles. The molecule has 2 aromatic heterocycles. The highest BCUT2D eigenvalue weighted by Gasteiger charge is 2.16. The Labute approximate surface area is 151 Å². The molecule has 0 bridgehead atoms. The van der Waals surface area contributed by atoms with Gasteiger partial charge in [-0.15, -0.1) is 0 Å². The minimum Gasteiger partial charge on any atom is -0.383 e. The first-order chi connectivity index (χ1) is 12.0. The molecular formula is C18H25N5OS. The van der Waals surface area contributed by atoms with Crippen molar-refractivity contribution < 1.29 is 4.21 Å². The lowest BCUT2D eigenvalue weighted by atomic mass is 10.1. The van der Waals surface area contributed by atoms with Crippen LogP contribution >= 0.6 is 0 Å². The van der Waals surface area contributed by atoms with Gasteiger partial charge in [-0.25, -0.2) is 9.19 Å². The van der Waals surface area contributed by atoms with Gasteiger partial charge in [-0.3, -0.25) is 4.68 Å². The Hall–Kier alpha value is -2.41. The van der Waals surface area contributed by atoms with E-state index < -0.39 is 11.0 Å². The van der Waals surface area contributed by atoms with E-state index in [1.54, 1.807) is 6.20 Å². The fourth-order valence-corrected chi connectivity index (χ4v) is 3.16. The second-order valence-corrected chi connectivity index (χ2v) is 6.81. The van der Waals surface area contributed by atoms with Crippen LogP contribution in [0.5, 0.6) is 0 Å². The summed E-state index contributed by atoms with van der Waals surface area (Å²) in [5.74, 6) is 1.04. The van der Waals surface area contributed by atoms with Crippen LogP contribution in [-0.4, -0.2) is 24.7 Å². The number of hydrogen-bond donors (Lipinski definition) is 2. The van der Waals surface area contributed by atoms with E-state index in [0.29, 0.717) is 11.6 Å². The van der Waals surface area contributed by atoms with Crippen molar-refractivity contribution in [3.8, 4) is 11.3 Å². The number of fused-ring (bicyclic) bond motifs is 1. The first-order valence-corrected chi connectivity index (χ1v) is 9.66. The van der Waals surface area contributed by atoms with Gasteiger partial charge in [-0.1, -0.05) is 32.9 Å². The largest absolute Gasteiger partial charge is 0.383 e. The van der Waals surface area contributed by atoms with Crippen molar-refractivity contribution in [2.45, 2.75) is 27.7 Å². The van der Waals surface area contributed by atoms with Gasteiger partial charge >= 0.3 is 0 Å². The Morgan fingerprint density at radius 2 is 1.88 bits per heavy atom. The molecule has 25 heavy (non-hydrogen) atoms. The van der Waals surface area contributed by atoms with Crippen molar-refractivity contribution in [3.05, 3.63) is 36.0 Å². The van der Waals surface area contributed by atoms with E-state index in [4.69, 9.17) is 5.73 Å². The van der Waals surface area contributed by atoms with Gasteiger partial charge in [0.05, 0.1) is 10.9 Å². The van der Waals surface area contributed by atoms with Crippen LogP contribution in [0, 0.1) is 6.92 Å². The average molecular weight is 359 g/mol. The van der Waals surface area contributed by atoms with Gasteiger partial charge in [0.2, 0.25) is 0 Å². The van der Waals surface area contributed by atoms with E-state index in [1.165, 1.54) is 0 Å². The molecule has 0 aliphatic heterocycles. The molecule has 3 aromatic rings. The van der Waals surface area contributed by atoms with Gasteiger partial charge in [-0.2, -0.15) is 5.10 Å². The minimum atomic E-state index is -1.05. The van der Waals surface area contributed by atoms with E-state index in [9.17, 15) is 4.21 Å². The smallest absolute Gasteiger partial charge is 0.135 e. The van der Waals surface area contributed by atoms with E-state index in [2.05, 4.69) is 14.8 Å². The summed E-state index contributed by atoms with van der Waals surface area (Å²) in [7, 11) is 0.848. The maximum absolute atomic E-state index is 11.6. The lowest BCUT2D eigenvalue weighted by Gasteiger charge is -2.05. The first-order valence-electron chi connectivity index (χ1n) is 8.34. The van der Waals surface area contributed by atoms with Crippen molar-refractivity contribution in [3.63, 3.8) is 0 Å². The quantitative estimate of drug-likeness (QED) is 0.744. The summed E-state index contributed by atoms with van der Waals surface area (Å²) in [6, 6.07) is 7.67. The highest BCUT2D eigenvalue weighted by molar-refractivity contribution is 7.86. The molecule has 6 nitrogen and oxygen atoms in total. The van der Waals surface area contributed by atoms with Crippen LogP contribution in [0.1, 0.15) is 26.3 Å². The van der Waals surface area contributed by atoms with E-state index in [1.807, 2.05) is 63.7 Å². The van der Waals surface area contributed by atoms with E-state index in [-0.39, 0.29) is 0 Å². The zero-order valence-corrected chi connectivity index (χ0v) is 16.1. The van der Waals surface area contributed by atoms with Crippen molar-refractivity contribution in [2.75, 3.05) is 16.2 Å². The highest BCUT2D eigenvalue weighted by atomic mass is 32.2. The number of hydrogen-bond acceptors (Lipinski definition) is 4. The number of benzene rings is 1. The Bertz CT molecular complexity index is 887. The van der Waals surface area contributed by atoms with Crippen molar-refractivity contribution in [1.29, 1.82) is 0 Å². The van der Waals surface area contributed by atoms with Crippen molar-refractivity contribution >= 4 is 33.4 Å². The van der Waals surface area contributed by atoms with Crippen LogP contribution in [0.15, 0.2) is 30.5 Å². The fraction of sp³-hybridized carbons (Fsp3) is 0.333. The number of rotatable bonds is 4. The topological polar surface area (TPSA) is 85.8 Å². The second-order valence-electron chi connectivity index (χ2n) is 5.34. The number of aryl methyl sites for hydroxylation is 2. The van der Waals surface area contributed by atoms with Crippen LogP contribution in [0.2, 0.25) is 0 Å². The van der Waals surface area contributed by atoms with Crippen LogP contribution < -0.4 is 10.5 Å². The molecule has 0 spiro atoms. The summed E-state index contributed by atoms with van der Waals surface area (Å²) >= 11 is 0. The van der Waals surface area contributed by atoms with Crippen LogP contribution in [0.3, 0.4) is 0 Å². The van der Waals surface area contributed by atoms with Crippen molar-refractivity contribution in [2.24, 2.45) is 7.05 Å². The average Bonchev–Trinajstić information content (AvgIpc) is 2.99. The number of aromatic nitrogens is 3. The standard InChI is InChI=1S/C16H19N5OS.C2H6/c1-4-23(22)20-12-7-5-11(6-8-12)14-13-15(21(3)19-14)10(2)9-18-16(13)17;1-2/h5-9,20H,4H2,1-3H3,(H2,17,18);1-2H3. The van der Waals surface area contributed by atoms with Crippen molar-refractivity contribution in [1.82, 2.24) is 14.8 Å². The monoisotopic (exact) mass is 359 g/mol. The summed E-state index contributed by atoms with van der Waals surface area (Å²) in [6.45, 7) is 7.86. The predicted molar refractivity (Wildman–Crippen MR) is 107 cm³/mol. The number of nitrogens with two attached hydrogens (primary N) is 1. The SMILES string of the molecule is CC.CCS(=O)Nc1ccc(-c2nn(C)c3c(C)cnc(N)c23)cc1. The summed E-state index contributed by atoms with van der Waals surface area (Å²) in [5, 5.41) is 5.47. The molecule has 0 radical (unpaired) electrons. The van der Waals surface area contributed by atoms with Gasteiger partial charge in [-0.05, 0) is 24.6 Å². The number of nitrogens with zero attached hydrogens (tertiary/aromatic N) is 3. The van der Waals surface area contributed by atoms with Gasteiger partial charge in [0.25, 0.3) is 0 Å². The molecule has 1 aromatic carbocycles. The highest BCUT2D eigenvalue weighted by Crippen LogP contribution is 2.32. The predicted octanol–water partition coefficient (Wildman–Crippen LogP) is 3.65. The molecule has 0 saturated carbocycles. The van der Waals surface area contributed by atoms with Gasteiger partial charge < -0.3 is 10.5 Å². The van der Waals surface area contributed by atoms with E-state index >= 15 is 0 Å². The van der Waals surface area contributed by atoms with E-state index in [0.717, 1.165) is 33.4 Å². The van der Waals surface area contributed by atoms with Gasteiger partial charge in [0, 0.05) is 30.2 Å². The molecule has 0 aliphatic rings.